The molecule has 0 atom stereocenters. The number of ether oxygens (including phenoxy) is 1. The normalized spacial score (nSPS) is 10.3. The molecule has 0 aliphatic carbocycles. The molecule has 92 valence electrons. The highest BCUT2D eigenvalue weighted by molar-refractivity contribution is 5.91. The van der Waals surface area contributed by atoms with Gasteiger partial charge in [0.2, 0.25) is 0 Å². The molecule has 4 nitrogen and oxygen atoms in total. The van der Waals surface area contributed by atoms with Crippen molar-refractivity contribution >= 4 is 16.9 Å². The molecule has 0 bridgehead atoms. The molecule has 19 heavy (non-hydrogen) atoms. The highest BCUT2D eigenvalue weighted by Gasteiger charge is 2.08. The van der Waals surface area contributed by atoms with Crippen LogP contribution in [0.5, 0.6) is 5.75 Å². The van der Waals surface area contributed by atoms with Crippen molar-refractivity contribution in [1.29, 1.82) is 0 Å². The molecule has 4 heteroatoms. The van der Waals surface area contributed by atoms with Gasteiger partial charge in [-0.2, -0.15) is 0 Å². The van der Waals surface area contributed by atoms with Crippen LogP contribution < -0.4 is 4.74 Å². The van der Waals surface area contributed by atoms with E-state index in [9.17, 15) is 4.79 Å². The van der Waals surface area contributed by atoms with E-state index >= 15 is 0 Å². The molecule has 0 radical (unpaired) electrons. The number of esters is 1. The van der Waals surface area contributed by atoms with Gasteiger partial charge in [-0.1, -0.05) is 6.07 Å². The van der Waals surface area contributed by atoms with Gasteiger partial charge in [0.05, 0.1) is 11.1 Å². The molecule has 2 heterocycles. The Labute approximate surface area is 109 Å². The molecular weight excluding hydrogens is 240 g/mol. The van der Waals surface area contributed by atoms with E-state index in [-0.39, 0.29) is 0 Å². The topological polar surface area (TPSA) is 52.1 Å². The summed E-state index contributed by atoms with van der Waals surface area (Å²) in [7, 11) is 0. The van der Waals surface area contributed by atoms with Crippen LogP contribution in [0.15, 0.2) is 61.1 Å². The van der Waals surface area contributed by atoms with Crippen LogP contribution in [0.2, 0.25) is 0 Å². The average molecular weight is 250 g/mol. The molecule has 0 fully saturated rings. The van der Waals surface area contributed by atoms with E-state index in [2.05, 4.69) is 9.97 Å². The molecule has 0 spiro atoms. The fourth-order valence-corrected chi connectivity index (χ4v) is 1.76. The number of carbonyl (C=O) groups excluding carboxylic acids is 1. The van der Waals surface area contributed by atoms with Gasteiger partial charge in [0, 0.05) is 30.0 Å². The Hall–Kier alpha value is -2.75. The highest BCUT2D eigenvalue weighted by Crippen LogP contribution is 2.19. The van der Waals surface area contributed by atoms with Crippen LogP contribution in [0.4, 0.5) is 0 Å². The minimum absolute atomic E-state index is 0.405. The van der Waals surface area contributed by atoms with Crippen molar-refractivity contribution in [2.24, 2.45) is 0 Å². The second-order valence-corrected chi connectivity index (χ2v) is 3.98. The molecule has 0 amide bonds. The third-order valence-electron chi connectivity index (χ3n) is 2.70. The first-order chi connectivity index (χ1) is 9.33. The maximum atomic E-state index is 11.9. The minimum Gasteiger partial charge on any atom is -0.423 e. The number of carbonyl (C=O) groups is 1. The third-order valence-corrected chi connectivity index (χ3v) is 2.70. The maximum absolute atomic E-state index is 11.9. The summed E-state index contributed by atoms with van der Waals surface area (Å²) in [5.74, 6) is 0.0747. The summed E-state index contributed by atoms with van der Waals surface area (Å²) in [6.45, 7) is 0. The SMILES string of the molecule is O=C(Oc1ccc2cccnc2c1)c1ccncc1. The van der Waals surface area contributed by atoms with Gasteiger partial charge in [-0.05, 0) is 30.3 Å². The number of hydrogen-bond donors (Lipinski definition) is 0. The molecule has 3 rings (SSSR count). The van der Waals surface area contributed by atoms with Crippen LogP contribution in [-0.2, 0) is 0 Å². The van der Waals surface area contributed by atoms with E-state index < -0.39 is 5.97 Å². The standard InChI is InChI=1S/C15H10N2O2/c18-15(12-5-8-16-9-6-12)19-13-4-3-11-2-1-7-17-14(11)10-13/h1-10H. The predicted molar refractivity (Wildman–Crippen MR) is 70.9 cm³/mol. The summed E-state index contributed by atoms with van der Waals surface area (Å²) >= 11 is 0. The zero-order chi connectivity index (χ0) is 13.1. The Bertz CT molecular complexity index is 726. The Morgan fingerprint density at radius 3 is 2.68 bits per heavy atom. The number of rotatable bonds is 2. The van der Waals surface area contributed by atoms with E-state index in [1.165, 1.54) is 0 Å². The van der Waals surface area contributed by atoms with Gasteiger partial charge in [0.25, 0.3) is 0 Å². The third kappa shape index (κ3) is 2.42. The Morgan fingerprint density at radius 1 is 1.00 bits per heavy atom. The van der Waals surface area contributed by atoms with Crippen molar-refractivity contribution in [2.45, 2.75) is 0 Å². The number of hydrogen-bond acceptors (Lipinski definition) is 4. The summed E-state index contributed by atoms with van der Waals surface area (Å²) in [6.07, 6.45) is 4.81. The minimum atomic E-state index is -0.405. The monoisotopic (exact) mass is 250 g/mol. The highest BCUT2D eigenvalue weighted by atomic mass is 16.5. The Balaban J connectivity index is 1.87. The smallest absolute Gasteiger partial charge is 0.343 e. The zero-order valence-electron chi connectivity index (χ0n) is 9.98. The Kier molecular flexibility index (Phi) is 2.90. The van der Waals surface area contributed by atoms with Crippen molar-refractivity contribution in [3.05, 3.63) is 66.6 Å². The van der Waals surface area contributed by atoms with Gasteiger partial charge in [-0.15, -0.1) is 0 Å². The molecule has 3 aromatic rings. The first-order valence-electron chi connectivity index (χ1n) is 5.80. The summed E-state index contributed by atoms with van der Waals surface area (Å²) in [4.78, 5) is 20.0. The van der Waals surface area contributed by atoms with Crippen LogP contribution in [0.3, 0.4) is 0 Å². The predicted octanol–water partition coefficient (Wildman–Crippen LogP) is 2.85. The number of nitrogens with zero attached hydrogens (tertiary/aromatic N) is 2. The van der Waals surface area contributed by atoms with Crippen LogP contribution in [0, 0.1) is 0 Å². The molecule has 0 unspecified atom stereocenters. The van der Waals surface area contributed by atoms with E-state index in [4.69, 9.17) is 4.74 Å². The molecule has 0 aliphatic heterocycles. The van der Waals surface area contributed by atoms with E-state index in [1.807, 2.05) is 18.2 Å². The summed E-state index contributed by atoms with van der Waals surface area (Å²) in [5, 5.41) is 1.01. The summed E-state index contributed by atoms with van der Waals surface area (Å²) < 4.78 is 5.30. The van der Waals surface area contributed by atoms with Crippen LogP contribution in [0.1, 0.15) is 10.4 Å². The van der Waals surface area contributed by atoms with Gasteiger partial charge in [-0.3, -0.25) is 9.97 Å². The van der Waals surface area contributed by atoms with E-state index in [0.29, 0.717) is 11.3 Å². The second-order valence-electron chi connectivity index (χ2n) is 3.98. The van der Waals surface area contributed by atoms with Crippen LogP contribution in [-0.4, -0.2) is 15.9 Å². The molecule has 2 aromatic heterocycles. The van der Waals surface area contributed by atoms with Crippen LogP contribution in [0.25, 0.3) is 10.9 Å². The van der Waals surface area contributed by atoms with Crippen molar-refractivity contribution in [1.82, 2.24) is 9.97 Å². The number of fused-ring (bicyclic) bond motifs is 1. The van der Waals surface area contributed by atoms with Crippen molar-refractivity contribution in [3.63, 3.8) is 0 Å². The quantitative estimate of drug-likeness (QED) is 0.518. The molecule has 1 aromatic carbocycles. The fourth-order valence-electron chi connectivity index (χ4n) is 1.76. The lowest BCUT2D eigenvalue weighted by Gasteiger charge is -2.05. The lowest BCUT2D eigenvalue weighted by Crippen LogP contribution is -2.08. The number of aromatic nitrogens is 2. The first kappa shape index (κ1) is 11.3. The molecular formula is C15H10N2O2. The zero-order valence-corrected chi connectivity index (χ0v) is 9.98. The van der Waals surface area contributed by atoms with Gasteiger partial charge >= 0.3 is 5.97 Å². The lowest BCUT2D eigenvalue weighted by atomic mass is 10.2. The van der Waals surface area contributed by atoms with Gasteiger partial charge in [-0.25, -0.2) is 4.79 Å². The van der Waals surface area contributed by atoms with Crippen molar-refractivity contribution in [3.8, 4) is 5.75 Å². The van der Waals surface area contributed by atoms with Crippen molar-refractivity contribution < 1.29 is 9.53 Å². The number of pyridine rings is 2. The van der Waals surface area contributed by atoms with Gasteiger partial charge in [0.1, 0.15) is 5.75 Å². The molecule has 0 saturated carbocycles. The number of benzene rings is 1. The largest absolute Gasteiger partial charge is 0.423 e. The molecule has 0 N–H and O–H groups in total. The van der Waals surface area contributed by atoms with Crippen molar-refractivity contribution in [2.75, 3.05) is 0 Å². The Morgan fingerprint density at radius 2 is 1.84 bits per heavy atom. The maximum Gasteiger partial charge on any atom is 0.343 e. The van der Waals surface area contributed by atoms with Gasteiger partial charge in [0.15, 0.2) is 0 Å². The first-order valence-corrected chi connectivity index (χ1v) is 5.80. The fraction of sp³-hybridized carbons (Fsp3) is 0. The van der Waals surface area contributed by atoms with Crippen LogP contribution >= 0.6 is 0 Å². The second kappa shape index (κ2) is 4.86. The molecule has 0 saturated heterocycles. The summed E-state index contributed by atoms with van der Waals surface area (Å²) in [6, 6.07) is 12.4. The van der Waals surface area contributed by atoms with Gasteiger partial charge < -0.3 is 4.74 Å². The van der Waals surface area contributed by atoms with E-state index in [1.54, 1.807) is 42.9 Å². The average Bonchev–Trinajstić information content (AvgIpc) is 2.48. The lowest BCUT2D eigenvalue weighted by molar-refractivity contribution is 0.0735. The molecule has 0 aliphatic rings. The van der Waals surface area contributed by atoms with E-state index in [0.717, 1.165) is 10.9 Å². The summed E-state index contributed by atoms with van der Waals surface area (Å²) in [5.41, 5.74) is 1.26.